The Hall–Kier alpha value is -3.53. The van der Waals surface area contributed by atoms with E-state index in [0.717, 1.165) is 53.5 Å². The SMILES string of the molecule is CCC[C@@H](O)COc1ccc(Cl)c(-c2nc(C(C(C)=N)=C(C)C)c(C)c(N3Cc4ccc(N5CC(OC)C5)nc4C3)n2)c1. The highest BCUT2D eigenvalue weighted by Crippen LogP contribution is 2.37. The number of aliphatic hydroxyl groups excluding tert-OH is 1. The van der Waals surface area contributed by atoms with Gasteiger partial charge < -0.3 is 29.8 Å². The predicted octanol–water partition coefficient (Wildman–Crippen LogP) is 6.23. The highest BCUT2D eigenvalue weighted by atomic mass is 35.5. The minimum Gasteiger partial charge on any atom is -0.491 e. The maximum Gasteiger partial charge on any atom is 0.163 e. The standard InChI is InChI=1S/C33H41ClN6O3/c1-7-8-23(41)18-43-24-10-11-27(34)26(13-24)32-37-31(30(19(2)3)21(5)35)20(4)33(38-32)40-14-22-9-12-29(36-28(22)17-40)39-15-25(16-39)42-6/h9-13,23,25,35,41H,7-8,14-18H2,1-6H3/t23-/m1/s1. The van der Waals surface area contributed by atoms with E-state index in [9.17, 15) is 5.11 Å². The zero-order valence-electron chi connectivity index (χ0n) is 25.9. The van der Waals surface area contributed by atoms with E-state index in [1.165, 1.54) is 5.56 Å². The third-order valence-electron chi connectivity index (χ3n) is 8.04. The number of rotatable bonds is 11. The van der Waals surface area contributed by atoms with Crippen molar-refractivity contribution in [3.63, 3.8) is 0 Å². The van der Waals surface area contributed by atoms with Crippen LogP contribution in [0.2, 0.25) is 5.02 Å². The van der Waals surface area contributed by atoms with Gasteiger partial charge in [-0.15, -0.1) is 0 Å². The molecule has 0 spiro atoms. The number of nitrogens with one attached hydrogen (secondary N) is 1. The smallest absolute Gasteiger partial charge is 0.163 e. The van der Waals surface area contributed by atoms with E-state index in [-0.39, 0.29) is 12.7 Å². The fraction of sp³-hybridized carbons (Fsp3) is 0.455. The van der Waals surface area contributed by atoms with Crippen LogP contribution in [-0.4, -0.2) is 64.8 Å². The number of anilines is 2. The van der Waals surface area contributed by atoms with E-state index in [2.05, 4.69) is 21.9 Å². The molecule has 0 radical (unpaired) electrons. The summed E-state index contributed by atoms with van der Waals surface area (Å²) in [6.45, 7) is 13.0. The summed E-state index contributed by atoms with van der Waals surface area (Å²) in [6, 6.07) is 9.62. The number of pyridine rings is 1. The summed E-state index contributed by atoms with van der Waals surface area (Å²) < 4.78 is 11.3. The van der Waals surface area contributed by atoms with Gasteiger partial charge in [0.25, 0.3) is 0 Å². The molecule has 1 fully saturated rings. The first-order chi connectivity index (χ1) is 20.6. The van der Waals surface area contributed by atoms with Crippen molar-refractivity contribution in [1.29, 1.82) is 5.41 Å². The van der Waals surface area contributed by atoms with Gasteiger partial charge in [0.2, 0.25) is 0 Å². The molecular formula is C33H41ClN6O3. The summed E-state index contributed by atoms with van der Waals surface area (Å²) in [5.41, 5.74) is 6.66. The molecule has 43 heavy (non-hydrogen) atoms. The van der Waals surface area contributed by atoms with Crippen molar-refractivity contribution in [2.24, 2.45) is 0 Å². The van der Waals surface area contributed by atoms with Crippen molar-refractivity contribution in [2.45, 2.75) is 72.8 Å². The molecule has 4 heterocycles. The van der Waals surface area contributed by atoms with Crippen LogP contribution in [0.25, 0.3) is 17.0 Å². The Labute approximate surface area is 259 Å². The van der Waals surface area contributed by atoms with Gasteiger partial charge in [-0.2, -0.15) is 0 Å². The van der Waals surface area contributed by atoms with Crippen LogP contribution in [-0.2, 0) is 17.8 Å². The number of nitrogens with zero attached hydrogens (tertiary/aromatic N) is 5. The Morgan fingerprint density at radius 3 is 2.53 bits per heavy atom. The van der Waals surface area contributed by atoms with Crippen molar-refractivity contribution in [3.8, 4) is 17.1 Å². The van der Waals surface area contributed by atoms with Crippen LogP contribution in [0, 0.1) is 12.3 Å². The van der Waals surface area contributed by atoms with Crippen LogP contribution < -0.4 is 14.5 Å². The number of methoxy groups -OCH3 is 1. The molecule has 2 aromatic heterocycles. The third kappa shape index (κ3) is 6.54. The molecule has 228 valence electrons. The molecule has 1 aromatic carbocycles. The number of aromatic nitrogens is 3. The first-order valence-electron chi connectivity index (χ1n) is 14.8. The van der Waals surface area contributed by atoms with E-state index in [0.29, 0.717) is 53.1 Å². The van der Waals surface area contributed by atoms with Gasteiger partial charge in [0.15, 0.2) is 5.82 Å². The van der Waals surface area contributed by atoms with Crippen molar-refractivity contribution in [1.82, 2.24) is 15.0 Å². The highest BCUT2D eigenvalue weighted by molar-refractivity contribution is 6.33. The molecule has 10 heteroatoms. The van der Waals surface area contributed by atoms with Gasteiger partial charge in [-0.1, -0.05) is 36.6 Å². The summed E-state index contributed by atoms with van der Waals surface area (Å²) >= 11 is 6.74. The predicted molar refractivity (Wildman–Crippen MR) is 172 cm³/mol. The van der Waals surface area contributed by atoms with Gasteiger partial charge in [-0.3, -0.25) is 0 Å². The summed E-state index contributed by atoms with van der Waals surface area (Å²) in [4.78, 5) is 19.5. The van der Waals surface area contributed by atoms with Gasteiger partial charge in [0, 0.05) is 49.2 Å². The topological polar surface area (TPSA) is 108 Å². The number of allylic oxidation sites excluding steroid dienone is 2. The quantitative estimate of drug-likeness (QED) is 0.248. The van der Waals surface area contributed by atoms with Crippen LogP contribution >= 0.6 is 11.6 Å². The Morgan fingerprint density at radius 2 is 1.86 bits per heavy atom. The number of benzene rings is 1. The van der Waals surface area contributed by atoms with Crippen molar-refractivity contribution in [3.05, 3.63) is 63.4 Å². The lowest BCUT2D eigenvalue weighted by molar-refractivity contribution is 0.0783. The van der Waals surface area contributed by atoms with E-state index in [4.69, 9.17) is 41.4 Å². The fourth-order valence-corrected chi connectivity index (χ4v) is 5.88. The summed E-state index contributed by atoms with van der Waals surface area (Å²) in [5.74, 6) is 2.78. The van der Waals surface area contributed by atoms with Gasteiger partial charge >= 0.3 is 0 Å². The summed E-state index contributed by atoms with van der Waals surface area (Å²) in [6.07, 6.45) is 1.26. The van der Waals surface area contributed by atoms with Gasteiger partial charge in [0.1, 0.15) is 24.0 Å². The van der Waals surface area contributed by atoms with Crippen molar-refractivity contribution in [2.75, 3.05) is 36.6 Å². The maximum absolute atomic E-state index is 10.2. The lowest BCUT2D eigenvalue weighted by Gasteiger charge is -2.39. The molecule has 2 aliphatic rings. The molecule has 1 atom stereocenters. The first kappa shape index (κ1) is 30.9. The number of aliphatic hydroxyl groups is 1. The average Bonchev–Trinajstić information content (AvgIpc) is 3.36. The minimum atomic E-state index is -0.540. The van der Waals surface area contributed by atoms with Crippen LogP contribution in [0.15, 0.2) is 35.9 Å². The number of halogens is 1. The van der Waals surface area contributed by atoms with Crippen LogP contribution in [0.4, 0.5) is 11.6 Å². The molecule has 3 aromatic rings. The second kappa shape index (κ2) is 13.0. The van der Waals surface area contributed by atoms with E-state index in [1.54, 1.807) is 26.2 Å². The zero-order chi connectivity index (χ0) is 30.8. The van der Waals surface area contributed by atoms with Crippen LogP contribution in [0.3, 0.4) is 0 Å². The maximum atomic E-state index is 10.2. The Morgan fingerprint density at radius 1 is 1.09 bits per heavy atom. The molecular weight excluding hydrogens is 564 g/mol. The summed E-state index contributed by atoms with van der Waals surface area (Å²) in [5, 5.41) is 19.2. The Balaban J connectivity index is 1.53. The Kier molecular flexibility index (Phi) is 9.34. The fourth-order valence-electron chi connectivity index (χ4n) is 5.68. The summed E-state index contributed by atoms with van der Waals surface area (Å²) in [7, 11) is 1.75. The monoisotopic (exact) mass is 604 g/mol. The average molecular weight is 605 g/mol. The minimum absolute atomic E-state index is 0.194. The second-order valence-electron chi connectivity index (χ2n) is 11.6. The van der Waals surface area contributed by atoms with Gasteiger partial charge in [-0.05, 0) is 63.9 Å². The normalized spacial score (nSPS) is 15.3. The first-order valence-corrected chi connectivity index (χ1v) is 15.2. The van der Waals surface area contributed by atoms with Crippen molar-refractivity contribution >= 4 is 34.5 Å². The molecule has 0 bridgehead atoms. The molecule has 2 aliphatic heterocycles. The molecule has 2 N–H and O–H groups in total. The van der Waals surface area contributed by atoms with Gasteiger partial charge in [-0.25, -0.2) is 15.0 Å². The molecule has 0 unspecified atom stereocenters. The van der Waals surface area contributed by atoms with E-state index >= 15 is 0 Å². The Bertz CT molecular complexity index is 1550. The molecule has 0 saturated carbocycles. The van der Waals surface area contributed by atoms with Gasteiger partial charge in [0.05, 0.1) is 35.2 Å². The molecule has 0 aliphatic carbocycles. The van der Waals surface area contributed by atoms with E-state index < -0.39 is 6.10 Å². The number of fused-ring (bicyclic) bond motifs is 1. The van der Waals surface area contributed by atoms with Crippen LogP contribution in [0.1, 0.15) is 63.1 Å². The molecule has 5 rings (SSSR count). The number of hydrogen-bond donors (Lipinski definition) is 2. The van der Waals surface area contributed by atoms with E-state index in [1.807, 2.05) is 33.8 Å². The lowest BCUT2D eigenvalue weighted by Crippen LogP contribution is -2.52. The second-order valence-corrected chi connectivity index (χ2v) is 12.0. The van der Waals surface area contributed by atoms with Crippen molar-refractivity contribution < 1.29 is 14.6 Å². The number of ether oxygens (including phenoxy) is 2. The molecule has 1 saturated heterocycles. The molecule has 9 nitrogen and oxygen atoms in total. The molecule has 0 amide bonds. The van der Waals surface area contributed by atoms with Crippen LogP contribution in [0.5, 0.6) is 5.75 Å². The largest absolute Gasteiger partial charge is 0.491 e. The lowest BCUT2D eigenvalue weighted by atomic mass is 9.98. The third-order valence-corrected chi connectivity index (χ3v) is 8.37. The zero-order valence-corrected chi connectivity index (χ0v) is 26.6. The highest BCUT2D eigenvalue weighted by Gasteiger charge is 2.31. The number of hydrogen-bond acceptors (Lipinski definition) is 9.